The van der Waals surface area contributed by atoms with Crippen molar-refractivity contribution in [2.75, 3.05) is 0 Å². The van der Waals surface area contributed by atoms with E-state index in [1.807, 2.05) is 6.08 Å². The average Bonchev–Trinajstić information content (AvgIpc) is 2.84. The van der Waals surface area contributed by atoms with Gasteiger partial charge in [0.1, 0.15) is 0 Å². The topological polar surface area (TPSA) is 50.2 Å². The van der Waals surface area contributed by atoms with Gasteiger partial charge in [-0.05, 0) is 48.2 Å². The molecule has 1 aliphatic carbocycles. The lowest BCUT2D eigenvalue weighted by Gasteiger charge is -2.05. The van der Waals surface area contributed by atoms with Crippen molar-refractivity contribution in [2.45, 2.75) is 12.8 Å². The third-order valence-corrected chi connectivity index (χ3v) is 3.48. The van der Waals surface area contributed by atoms with Gasteiger partial charge >= 0.3 is 5.97 Å². The Bertz CT molecular complexity index is 769. The van der Waals surface area contributed by atoms with E-state index in [1.54, 1.807) is 0 Å². The highest BCUT2D eigenvalue weighted by atomic mass is 19.2. The molecule has 0 amide bonds. The van der Waals surface area contributed by atoms with E-state index >= 15 is 0 Å². The standard InChI is InChI=1S/C16H11F2NO2/c17-13-2-1-9(7-14(13)18)5-10-6-12-11(16(20)21)3-4-19-15(12)8-10/h1-4,7-8H,5-6H2,(H,20,21). The first-order valence-electron chi connectivity index (χ1n) is 6.39. The molecule has 5 heteroatoms. The van der Waals surface area contributed by atoms with Crippen molar-refractivity contribution in [1.29, 1.82) is 0 Å². The molecule has 3 rings (SSSR count). The largest absolute Gasteiger partial charge is 0.478 e. The number of rotatable bonds is 3. The maximum absolute atomic E-state index is 13.2. The summed E-state index contributed by atoms with van der Waals surface area (Å²) in [6.45, 7) is 0. The Morgan fingerprint density at radius 3 is 2.76 bits per heavy atom. The van der Waals surface area contributed by atoms with Crippen molar-refractivity contribution in [3.05, 3.63) is 70.1 Å². The van der Waals surface area contributed by atoms with E-state index in [-0.39, 0.29) is 5.56 Å². The maximum atomic E-state index is 13.2. The molecule has 1 heterocycles. The minimum Gasteiger partial charge on any atom is -0.478 e. The van der Waals surface area contributed by atoms with Crippen LogP contribution in [0, 0.1) is 11.6 Å². The highest BCUT2D eigenvalue weighted by Crippen LogP contribution is 2.28. The van der Waals surface area contributed by atoms with Crippen LogP contribution in [0.25, 0.3) is 6.08 Å². The molecule has 0 spiro atoms. The molecule has 0 radical (unpaired) electrons. The third kappa shape index (κ3) is 2.54. The van der Waals surface area contributed by atoms with Gasteiger partial charge in [0.15, 0.2) is 11.6 Å². The molecule has 2 aromatic rings. The van der Waals surface area contributed by atoms with E-state index in [4.69, 9.17) is 5.11 Å². The number of carboxylic acids is 1. The van der Waals surface area contributed by atoms with Crippen LogP contribution in [0.3, 0.4) is 0 Å². The SMILES string of the molecule is O=C(O)c1ccnc2c1CC(Cc1ccc(F)c(F)c1)=C2. The number of hydrogen-bond donors (Lipinski definition) is 1. The molecule has 0 saturated carbocycles. The van der Waals surface area contributed by atoms with E-state index in [1.165, 1.54) is 18.3 Å². The van der Waals surface area contributed by atoms with Crippen LogP contribution < -0.4 is 0 Å². The van der Waals surface area contributed by atoms with Gasteiger partial charge in [0.05, 0.1) is 11.3 Å². The summed E-state index contributed by atoms with van der Waals surface area (Å²) in [4.78, 5) is 15.3. The number of fused-ring (bicyclic) bond motifs is 1. The number of carboxylic acid groups (broad SMARTS) is 1. The molecule has 0 unspecified atom stereocenters. The number of aromatic carboxylic acids is 1. The molecule has 1 aliphatic rings. The molecule has 1 aromatic carbocycles. The summed E-state index contributed by atoms with van der Waals surface area (Å²) in [5.74, 6) is -2.75. The van der Waals surface area contributed by atoms with Gasteiger partial charge in [-0.25, -0.2) is 13.6 Å². The summed E-state index contributed by atoms with van der Waals surface area (Å²) < 4.78 is 26.1. The van der Waals surface area contributed by atoms with Gasteiger partial charge in [-0.3, -0.25) is 4.98 Å². The van der Waals surface area contributed by atoms with E-state index in [2.05, 4.69) is 4.98 Å². The molecule has 3 nitrogen and oxygen atoms in total. The number of hydrogen-bond acceptors (Lipinski definition) is 2. The summed E-state index contributed by atoms with van der Waals surface area (Å²) in [5, 5.41) is 9.15. The van der Waals surface area contributed by atoms with Crippen molar-refractivity contribution >= 4 is 12.0 Å². The second kappa shape index (κ2) is 5.09. The van der Waals surface area contributed by atoms with Crippen molar-refractivity contribution in [1.82, 2.24) is 4.98 Å². The van der Waals surface area contributed by atoms with E-state index in [0.29, 0.717) is 29.7 Å². The second-order valence-electron chi connectivity index (χ2n) is 4.93. The Hall–Kier alpha value is -2.56. The zero-order valence-electron chi connectivity index (χ0n) is 10.9. The first kappa shape index (κ1) is 13.4. The molecule has 0 fully saturated rings. The highest BCUT2D eigenvalue weighted by molar-refractivity contribution is 5.91. The first-order valence-corrected chi connectivity index (χ1v) is 6.39. The molecular formula is C16H11F2NO2. The number of carbonyl (C=O) groups is 1. The molecule has 1 N–H and O–H groups in total. The maximum Gasteiger partial charge on any atom is 0.336 e. The van der Waals surface area contributed by atoms with Crippen LogP contribution in [0.1, 0.15) is 27.2 Å². The summed E-state index contributed by atoms with van der Waals surface area (Å²) in [6, 6.07) is 5.24. The van der Waals surface area contributed by atoms with Crippen LogP contribution in [-0.4, -0.2) is 16.1 Å². The Morgan fingerprint density at radius 2 is 2.05 bits per heavy atom. The molecule has 0 saturated heterocycles. The monoisotopic (exact) mass is 287 g/mol. The second-order valence-corrected chi connectivity index (χ2v) is 4.93. The Balaban J connectivity index is 1.85. The van der Waals surface area contributed by atoms with Crippen LogP contribution in [0.15, 0.2) is 36.0 Å². The summed E-state index contributed by atoms with van der Waals surface area (Å²) in [7, 11) is 0. The molecule has 106 valence electrons. The van der Waals surface area contributed by atoms with Crippen molar-refractivity contribution in [3.8, 4) is 0 Å². The van der Waals surface area contributed by atoms with Crippen LogP contribution in [0.2, 0.25) is 0 Å². The fraction of sp³-hybridized carbons (Fsp3) is 0.125. The molecule has 21 heavy (non-hydrogen) atoms. The molecule has 0 bridgehead atoms. The van der Waals surface area contributed by atoms with Crippen LogP contribution >= 0.6 is 0 Å². The van der Waals surface area contributed by atoms with E-state index in [9.17, 15) is 13.6 Å². The molecule has 1 aromatic heterocycles. The van der Waals surface area contributed by atoms with Crippen LogP contribution in [0.4, 0.5) is 8.78 Å². The average molecular weight is 287 g/mol. The van der Waals surface area contributed by atoms with Gasteiger partial charge < -0.3 is 5.11 Å². The Kier molecular flexibility index (Phi) is 3.25. The van der Waals surface area contributed by atoms with Crippen molar-refractivity contribution in [3.63, 3.8) is 0 Å². The molecular weight excluding hydrogens is 276 g/mol. The van der Waals surface area contributed by atoms with Crippen LogP contribution in [-0.2, 0) is 12.8 Å². The summed E-state index contributed by atoms with van der Waals surface area (Å²) >= 11 is 0. The van der Waals surface area contributed by atoms with Crippen LogP contribution in [0.5, 0.6) is 0 Å². The van der Waals surface area contributed by atoms with Gasteiger partial charge in [0.2, 0.25) is 0 Å². The lowest BCUT2D eigenvalue weighted by molar-refractivity contribution is 0.0695. The number of benzene rings is 1. The minimum atomic E-state index is -0.990. The quantitative estimate of drug-likeness (QED) is 0.942. The summed E-state index contributed by atoms with van der Waals surface area (Å²) in [6.07, 6.45) is 4.17. The van der Waals surface area contributed by atoms with E-state index < -0.39 is 17.6 Å². The highest BCUT2D eigenvalue weighted by Gasteiger charge is 2.20. The zero-order valence-corrected chi connectivity index (χ0v) is 10.9. The lowest BCUT2D eigenvalue weighted by Crippen LogP contribution is -2.04. The smallest absolute Gasteiger partial charge is 0.336 e. The normalized spacial score (nSPS) is 13.0. The van der Waals surface area contributed by atoms with E-state index in [0.717, 1.165) is 17.7 Å². The number of aromatic nitrogens is 1. The van der Waals surface area contributed by atoms with Gasteiger partial charge in [0.25, 0.3) is 0 Å². The predicted molar refractivity (Wildman–Crippen MR) is 72.9 cm³/mol. The van der Waals surface area contributed by atoms with Gasteiger partial charge in [0, 0.05) is 6.20 Å². The minimum absolute atomic E-state index is 0.233. The van der Waals surface area contributed by atoms with Gasteiger partial charge in [-0.15, -0.1) is 0 Å². The number of nitrogens with zero attached hydrogens (tertiary/aromatic N) is 1. The molecule has 0 atom stereocenters. The lowest BCUT2D eigenvalue weighted by atomic mass is 10.0. The van der Waals surface area contributed by atoms with Crippen molar-refractivity contribution < 1.29 is 18.7 Å². The summed E-state index contributed by atoms with van der Waals surface area (Å²) in [5.41, 5.74) is 3.11. The predicted octanol–water partition coefficient (Wildman–Crippen LogP) is 3.24. The third-order valence-electron chi connectivity index (χ3n) is 3.48. The Labute approximate surface area is 119 Å². The number of allylic oxidation sites excluding steroid dienone is 1. The number of halogens is 2. The molecule has 0 aliphatic heterocycles. The first-order chi connectivity index (χ1) is 10.0. The van der Waals surface area contributed by atoms with Gasteiger partial charge in [-0.1, -0.05) is 11.6 Å². The fourth-order valence-corrected chi connectivity index (χ4v) is 2.52. The number of pyridine rings is 1. The Morgan fingerprint density at radius 1 is 1.24 bits per heavy atom. The zero-order chi connectivity index (χ0) is 15.0. The van der Waals surface area contributed by atoms with Gasteiger partial charge in [-0.2, -0.15) is 0 Å². The van der Waals surface area contributed by atoms with Crippen molar-refractivity contribution in [2.24, 2.45) is 0 Å². The fourth-order valence-electron chi connectivity index (χ4n) is 2.52.